The maximum absolute atomic E-state index is 14.3. The average molecular weight is 631 g/mol. The summed E-state index contributed by atoms with van der Waals surface area (Å²) in [5.41, 5.74) is 4.20. The number of carbonyl (C=O) groups is 1. The van der Waals surface area contributed by atoms with Crippen LogP contribution in [0.15, 0.2) is 95.8 Å². The van der Waals surface area contributed by atoms with Crippen molar-refractivity contribution in [3.05, 3.63) is 124 Å². The second kappa shape index (κ2) is 12.5. The number of nitrogens with zero attached hydrogens (tertiary/aromatic N) is 1. The lowest BCUT2D eigenvalue weighted by Crippen LogP contribution is -2.31. The number of anilines is 1. The number of aromatic nitrogens is 2. The van der Waals surface area contributed by atoms with Crippen LogP contribution in [0.25, 0.3) is 21.8 Å². The van der Waals surface area contributed by atoms with Crippen LogP contribution in [0.5, 0.6) is 23.0 Å². The Morgan fingerprint density at radius 1 is 0.957 bits per heavy atom. The summed E-state index contributed by atoms with van der Waals surface area (Å²) < 4.78 is 19.0. The number of ether oxygens (including phenoxy) is 3. The number of nitrogens with one attached hydrogen (secondary N) is 3. The van der Waals surface area contributed by atoms with Crippen molar-refractivity contribution in [2.75, 3.05) is 32.2 Å². The van der Waals surface area contributed by atoms with E-state index < -0.39 is 5.92 Å². The van der Waals surface area contributed by atoms with Crippen molar-refractivity contribution in [2.45, 2.75) is 12.3 Å². The highest BCUT2D eigenvalue weighted by Crippen LogP contribution is 2.46. The van der Waals surface area contributed by atoms with Crippen LogP contribution < -0.4 is 30.4 Å². The Morgan fingerprint density at radius 3 is 2.55 bits per heavy atom. The van der Waals surface area contributed by atoms with Crippen molar-refractivity contribution in [2.24, 2.45) is 7.05 Å². The van der Waals surface area contributed by atoms with E-state index in [1.54, 1.807) is 36.9 Å². The van der Waals surface area contributed by atoms with Gasteiger partial charge in [0.2, 0.25) is 0 Å². The van der Waals surface area contributed by atoms with Crippen molar-refractivity contribution in [3.63, 3.8) is 0 Å². The number of aromatic amines is 1. The SMILES string of the molecule is COc1ccccc1NC(=O)NCCc1c(C(c2cccc3c2OCCO3)c2c(O)c3ccccc3n(C)c2=O)[nH]c2ccccc12. The lowest BCUT2D eigenvalue weighted by Gasteiger charge is -2.27. The number of methoxy groups -OCH3 is 1. The monoisotopic (exact) mass is 630 g/mol. The molecule has 3 heterocycles. The number of rotatable bonds is 8. The molecule has 1 atom stereocenters. The van der Waals surface area contributed by atoms with E-state index in [-0.39, 0.29) is 29.4 Å². The standard InChI is InChI=1S/C37H34N4O6/c1-41-28-15-7-4-11-24(28)34(42)32(36(41)43)31(25-12-9-17-30-35(25)47-21-20-46-30)33-23(22-10-3-5-13-26(22)39-33)18-19-38-37(44)40-27-14-6-8-16-29(27)45-2/h3-17,31,39,42H,18-21H2,1-2H3,(H2,38,40,44). The van der Waals surface area contributed by atoms with Crippen LogP contribution in [-0.4, -0.2) is 47.6 Å². The predicted octanol–water partition coefficient (Wildman–Crippen LogP) is 6.05. The summed E-state index contributed by atoms with van der Waals surface area (Å²) in [6, 6.07) is 27.6. The summed E-state index contributed by atoms with van der Waals surface area (Å²) in [6.45, 7) is 1.05. The minimum absolute atomic E-state index is 0.0954. The Kier molecular flexibility index (Phi) is 7.91. The van der Waals surface area contributed by atoms with Gasteiger partial charge in [0, 0.05) is 41.1 Å². The molecule has 0 saturated carbocycles. The third-order valence-electron chi connectivity index (χ3n) is 8.66. The minimum Gasteiger partial charge on any atom is -0.507 e. The topological polar surface area (TPSA) is 127 Å². The molecule has 10 nitrogen and oxygen atoms in total. The Morgan fingerprint density at radius 2 is 1.70 bits per heavy atom. The summed E-state index contributed by atoms with van der Waals surface area (Å²) in [4.78, 5) is 30.8. The molecule has 238 valence electrons. The van der Waals surface area contributed by atoms with Gasteiger partial charge in [-0.15, -0.1) is 0 Å². The zero-order valence-corrected chi connectivity index (χ0v) is 26.0. The van der Waals surface area contributed by atoms with E-state index in [1.165, 1.54) is 0 Å². The second-order valence-electron chi connectivity index (χ2n) is 11.3. The fourth-order valence-corrected chi connectivity index (χ4v) is 6.49. The van der Waals surface area contributed by atoms with E-state index in [0.29, 0.717) is 64.7 Å². The van der Waals surface area contributed by atoms with Gasteiger partial charge in [-0.05, 0) is 48.4 Å². The Balaban J connectivity index is 1.36. The van der Waals surface area contributed by atoms with Crippen LogP contribution >= 0.6 is 0 Å². The molecule has 4 N–H and O–H groups in total. The zero-order chi connectivity index (χ0) is 32.5. The van der Waals surface area contributed by atoms with Gasteiger partial charge in [0.25, 0.3) is 5.56 Å². The molecule has 0 saturated heterocycles. The zero-order valence-electron chi connectivity index (χ0n) is 26.0. The number of hydrogen-bond donors (Lipinski definition) is 4. The number of aromatic hydroxyl groups is 1. The van der Waals surface area contributed by atoms with Crippen molar-refractivity contribution in [1.29, 1.82) is 0 Å². The van der Waals surface area contributed by atoms with Crippen molar-refractivity contribution in [1.82, 2.24) is 14.9 Å². The fourth-order valence-electron chi connectivity index (χ4n) is 6.49. The van der Waals surface area contributed by atoms with Gasteiger partial charge in [0.05, 0.1) is 29.8 Å². The van der Waals surface area contributed by atoms with E-state index in [2.05, 4.69) is 15.6 Å². The van der Waals surface area contributed by atoms with Crippen LogP contribution in [0.2, 0.25) is 0 Å². The number of fused-ring (bicyclic) bond motifs is 3. The number of aryl methyl sites for hydroxylation is 1. The van der Waals surface area contributed by atoms with E-state index >= 15 is 0 Å². The molecule has 6 aromatic rings. The molecule has 7 rings (SSSR count). The number of pyridine rings is 1. The highest BCUT2D eigenvalue weighted by Gasteiger charge is 2.33. The molecule has 0 spiro atoms. The van der Waals surface area contributed by atoms with Crippen LogP contribution in [0.3, 0.4) is 0 Å². The molecule has 1 aliphatic heterocycles. The van der Waals surface area contributed by atoms with Gasteiger partial charge < -0.3 is 39.5 Å². The van der Waals surface area contributed by atoms with Crippen molar-refractivity contribution in [3.8, 4) is 23.0 Å². The lowest BCUT2D eigenvalue weighted by atomic mass is 9.84. The fraction of sp³-hybridized carbons (Fsp3) is 0.189. The van der Waals surface area contributed by atoms with Gasteiger partial charge in [-0.2, -0.15) is 0 Å². The first-order valence-corrected chi connectivity index (χ1v) is 15.4. The van der Waals surface area contributed by atoms with Gasteiger partial charge in [-0.1, -0.05) is 54.6 Å². The largest absolute Gasteiger partial charge is 0.507 e. The lowest BCUT2D eigenvalue weighted by molar-refractivity contribution is 0.169. The molecular formula is C37H34N4O6. The third kappa shape index (κ3) is 5.37. The van der Waals surface area contributed by atoms with Crippen LogP contribution in [-0.2, 0) is 13.5 Å². The molecule has 47 heavy (non-hydrogen) atoms. The molecule has 4 aromatic carbocycles. The number of carbonyl (C=O) groups excluding carboxylic acids is 1. The number of urea groups is 1. The van der Waals surface area contributed by atoms with E-state index in [0.717, 1.165) is 16.5 Å². The van der Waals surface area contributed by atoms with Gasteiger partial charge in [-0.3, -0.25) is 4.79 Å². The number of para-hydroxylation sites is 5. The first-order valence-electron chi connectivity index (χ1n) is 15.4. The molecule has 2 aromatic heterocycles. The van der Waals surface area contributed by atoms with Gasteiger partial charge in [-0.25, -0.2) is 4.79 Å². The maximum atomic E-state index is 14.3. The normalized spacial score (nSPS) is 13.0. The molecule has 2 amide bonds. The number of benzene rings is 4. The average Bonchev–Trinajstić information content (AvgIpc) is 3.47. The Labute approximate surface area is 270 Å². The molecule has 0 aliphatic carbocycles. The van der Waals surface area contributed by atoms with Gasteiger partial charge >= 0.3 is 6.03 Å². The van der Waals surface area contributed by atoms with Crippen molar-refractivity contribution >= 4 is 33.5 Å². The van der Waals surface area contributed by atoms with Gasteiger partial charge in [0.1, 0.15) is 24.7 Å². The first-order chi connectivity index (χ1) is 23.0. The summed E-state index contributed by atoms with van der Waals surface area (Å²) in [5, 5.41) is 19.2. The quantitative estimate of drug-likeness (QED) is 0.162. The van der Waals surface area contributed by atoms with Crippen molar-refractivity contribution < 1.29 is 24.1 Å². The minimum atomic E-state index is -0.764. The molecule has 1 aliphatic rings. The molecule has 0 radical (unpaired) electrons. The number of amides is 2. The number of hydrogen-bond acceptors (Lipinski definition) is 6. The Bertz CT molecular complexity index is 2190. The van der Waals surface area contributed by atoms with Crippen LogP contribution in [0.4, 0.5) is 10.5 Å². The summed E-state index contributed by atoms with van der Waals surface area (Å²) in [5.74, 6) is 0.792. The summed E-state index contributed by atoms with van der Waals surface area (Å²) in [6.07, 6.45) is 0.427. The van der Waals surface area contributed by atoms with Crippen LogP contribution in [0, 0.1) is 0 Å². The van der Waals surface area contributed by atoms with E-state index in [9.17, 15) is 14.7 Å². The summed E-state index contributed by atoms with van der Waals surface area (Å²) >= 11 is 0. The maximum Gasteiger partial charge on any atom is 0.319 e. The molecule has 10 heteroatoms. The highest BCUT2D eigenvalue weighted by molar-refractivity contribution is 5.91. The van der Waals surface area contributed by atoms with E-state index in [4.69, 9.17) is 14.2 Å². The summed E-state index contributed by atoms with van der Waals surface area (Å²) in [7, 11) is 3.26. The van der Waals surface area contributed by atoms with Gasteiger partial charge in [0.15, 0.2) is 11.5 Å². The molecule has 0 fully saturated rings. The van der Waals surface area contributed by atoms with Crippen LogP contribution in [0.1, 0.15) is 28.3 Å². The number of H-pyrrole nitrogens is 1. The Hall–Kier alpha value is -5.90. The molecule has 0 bridgehead atoms. The smallest absolute Gasteiger partial charge is 0.319 e. The highest BCUT2D eigenvalue weighted by atomic mass is 16.6. The third-order valence-corrected chi connectivity index (χ3v) is 8.66. The molecule has 1 unspecified atom stereocenters. The first kappa shape index (κ1) is 29.8. The van der Waals surface area contributed by atoms with E-state index in [1.807, 2.05) is 72.8 Å². The predicted molar refractivity (Wildman–Crippen MR) is 181 cm³/mol. The second-order valence-corrected chi connectivity index (χ2v) is 11.3. The molecular weight excluding hydrogens is 596 g/mol.